The molecule has 0 aliphatic carbocycles. The number of unbranched alkanes of at least 4 members (excludes halogenated alkanes) is 2. The van der Waals surface area contributed by atoms with Crippen LogP contribution in [-0.2, 0) is 0 Å². The second-order valence-corrected chi connectivity index (χ2v) is 5.45. The van der Waals surface area contributed by atoms with Crippen LogP contribution >= 0.6 is 0 Å². The molecule has 0 unspecified atom stereocenters. The third-order valence-corrected chi connectivity index (χ3v) is 3.61. The predicted molar refractivity (Wildman–Crippen MR) is 89.7 cm³/mol. The van der Waals surface area contributed by atoms with Crippen LogP contribution in [0.3, 0.4) is 0 Å². The van der Waals surface area contributed by atoms with Gasteiger partial charge in [-0.1, -0.05) is 19.8 Å². The minimum Gasteiger partial charge on any atom is -0.454 e. The second-order valence-electron chi connectivity index (χ2n) is 5.45. The molecule has 2 N–H and O–H groups in total. The maximum Gasteiger partial charge on any atom is 0.254 e. The molecule has 7 nitrogen and oxygen atoms in total. The molecule has 24 heavy (non-hydrogen) atoms. The van der Waals surface area contributed by atoms with Crippen LogP contribution in [0.2, 0.25) is 0 Å². The van der Waals surface area contributed by atoms with E-state index in [1.165, 1.54) is 12.4 Å². The monoisotopic (exact) mass is 328 g/mol. The molecule has 1 amide bonds. The number of ether oxygens (including phenoxy) is 2. The molecule has 1 aromatic heterocycles. The Morgan fingerprint density at radius 3 is 2.75 bits per heavy atom. The average Bonchev–Trinajstić information content (AvgIpc) is 3.07. The zero-order chi connectivity index (χ0) is 16.8. The fourth-order valence-corrected chi connectivity index (χ4v) is 2.29. The summed E-state index contributed by atoms with van der Waals surface area (Å²) < 4.78 is 10.6. The molecule has 1 aliphatic rings. The van der Waals surface area contributed by atoms with Gasteiger partial charge in [0.2, 0.25) is 12.7 Å². The average molecular weight is 328 g/mol. The first kappa shape index (κ1) is 16.0. The Morgan fingerprint density at radius 2 is 1.96 bits per heavy atom. The number of nitrogens with one attached hydrogen (secondary N) is 2. The van der Waals surface area contributed by atoms with Crippen molar-refractivity contribution in [3.8, 4) is 11.5 Å². The minimum absolute atomic E-state index is 0.152. The Labute approximate surface area is 140 Å². The Hall–Kier alpha value is -2.83. The molecular weight excluding hydrogens is 308 g/mol. The number of rotatable bonds is 7. The third kappa shape index (κ3) is 3.92. The lowest BCUT2D eigenvalue weighted by Crippen LogP contribution is -2.24. The molecule has 0 bridgehead atoms. The van der Waals surface area contributed by atoms with Gasteiger partial charge in [0, 0.05) is 30.7 Å². The first-order valence-corrected chi connectivity index (χ1v) is 8.03. The highest BCUT2D eigenvalue weighted by Crippen LogP contribution is 2.34. The van der Waals surface area contributed by atoms with E-state index in [-0.39, 0.29) is 12.7 Å². The molecule has 1 aromatic carbocycles. The Kier molecular flexibility index (Phi) is 5.10. The van der Waals surface area contributed by atoms with Crippen LogP contribution in [-0.4, -0.2) is 29.2 Å². The summed E-state index contributed by atoms with van der Waals surface area (Å²) in [5, 5.41) is 5.93. The number of hydrogen-bond donors (Lipinski definition) is 2. The van der Waals surface area contributed by atoms with Crippen LogP contribution < -0.4 is 20.1 Å². The summed E-state index contributed by atoms with van der Waals surface area (Å²) in [7, 11) is 0. The van der Waals surface area contributed by atoms with Gasteiger partial charge in [0.15, 0.2) is 11.5 Å². The number of hydrogen-bond acceptors (Lipinski definition) is 6. The largest absolute Gasteiger partial charge is 0.454 e. The van der Waals surface area contributed by atoms with E-state index in [9.17, 15) is 4.79 Å². The van der Waals surface area contributed by atoms with Crippen molar-refractivity contribution in [3.05, 3.63) is 36.2 Å². The van der Waals surface area contributed by atoms with Crippen molar-refractivity contribution < 1.29 is 14.3 Å². The van der Waals surface area contributed by atoms with E-state index >= 15 is 0 Å². The van der Waals surface area contributed by atoms with Crippen molar-refractivity contribution in [2.75, 3.05) is 18.7 Å². The maximum atomic E-state index is 12.0. The molecule has 2 aromatic rings. The summed E-state index contributed by atoms with van der Waals surface area (Å²) in [5.74, 6) is 1.66. The van der Waals surface area contributed by atoms with Gasteiger partial charge < -0.3 is 20.1 Å². The summed E-state index contributed by atoms with van der Waals surface area (Å²) >= 11 is 0. The van der Waals surface area contributed by atoms with Crippen molar-refractivity contribution in [3.63, 3.8) is 0 Å². The molecule has 0 spiro atoms. The fraction of sp³-hybridized carbons (Fsp3) is 0.353. The van der Waals surface area contributed by atoms with E-state index in [2.05, 4.69) is 27.5 Å². The predicted octanol–water partition coefficient (Wildman–Crippen LogP) is 2.87. The number of carbonyl (C=O) groups excluding carboxylic acids is 1. The Balaban J connectivity index is 1.57. The summed E-state index contributed by atoms with van der Waals surface area (Å²) in [6.07, 6.45) is 6.23. The molecule has 1 aliphatic heterocycles. The van der Waals surface area contributed by atoms with Gasteiger partial charge in [-0.15, -0.1) is 0 Å². The van der Waals surface area contributed by atoms with Gasteiger partial charge in [-0.2, -0.15) is 0 Å². The van der Waals surface area contributed by atoms with Gasteiger partial charge in [-0.3, -0.25) is 4.79 Å². The first-order valence-electron chi connectivity index (χ1n) is 8.03. The molecule has 3 rings (SSSR count). The van der Waals surface area contributed by atoms with Crippen molar-refractivity contribution >= 4 is 17.5 Å². The van der Waals surface area contributed by atoms with Crippen LogP contribution in [0.25, 0.3) is 0 Å². The molecule has 126 valence electrons. The highest BCUT2D eigenvalue weighted by atomic mass is 16.7. The second kappa shape index (κ2) is 7.63. The molecular formula is C17H20N4O3. The topological polar surface area (TPSA) is 85.4 Å². The number of anilines is 2. The number of benzene rings is 1. The highest BCUT2D eigenvalue weighted by Gasteiger charge is 2.13. The number of nitrogens with zero attached hydrogens (tertiary/aromatic N) is 2. The van der Waals surface area contributed by atoms with Gasteiger partial charge in [0.25, 0.3) is 5.91 Å². The van der Waals surface area contributed by atoms with Crippen LogP contribution in [0.15, 0.2) is 30.6 Å². The van der Waals surface area contributed by atoms with Gasteiger partial charge in [-0.25, -0.2) is 9.97 Å². The summed E-state index contributed by atoms with van der Waals surface area (Å²) in [6.45, 7) is 3.03. The zero-order valence-corrected chi connectivity index (χ0v) is 13.5. The Bertz CT molecular complexity index is 703. The molecule has 0 saturated heterocycles. The number of fused-ring (bicyclic) bond motifs is 1. The molecule has 0 radical (unpaired) electrons. The molecule has 0 fully saturated rings. The zero-order valence-electron chi connectivity index (χ0n) is 13.5. The fourth-order valence-electron chi connectivity index (χ4n) is 2.29. The lowest BCUT2D eigenvalue weighted by molar-refractivity contribution is 0.0952. The summed E-state index contributed by atoms with van der Waals surface area (Å²) in [6, 6.07) is 5.49. The minimum atomic E-state index is -0.152. The van der Waals surface area contributed by atoms with Crippen LogP contribution in [0.1, 0.15) is 36.5 Å². The molecule has 7 heteroatoms. The van der Waals surface area contributed by atoms with E-state index in [0.29, 0.717) is 23.8 Å². The quantitative estimate of drug-likeness (QED) is 0.760. The number of carbonyl (C=O) groups is 1. The molecule has 2 heterocycles. The maximum absolute atomic E-state index is 12.0. The van der Waals surface area contributed by atoms with E-state index in [0.717, 1.165) is 30.7 Å². The Morgan fingerprint density at radius 1 is 1.17 bits per heavy atom. The molecule has 0 saturated carbocycles. The van der Waals surface area contributed by atoms with E-state index in [1.54, 1.807) is 0 Å². The summed E-state index contributed by atoms with van der Waals surface area (Å²) in [5.41, 5.74) is 1.23. The van der Waals surface area contributed by atoms with Crippen LogP contribution in [0.5, 0.6) is 11.5 Å². The number of amides is 1. The van der Waals surface area contributed by atoms with Gasteiger partial charge in [0.1, 0.15) is 0 Å². The normalized spacial score (nSPS) is 12.0. The van der Waals surface area contributed by atoms with Gasteiger partial charge in [0.05, 0.1) is 5.56 Å². The van der Waals surface area contributed by atoms with Crippen LogP contribution in [0.4, 0.5) is 11.6 Å². The summed E-state index contributed by atoms with van der Waals surface area (Å²) in [4.78, 5) is 20.3. The SMILES string of the molecule is CCCCCNC(=O)c1cnc(Nc2ccc3c(c2)OCO3)nc1. The van der Waals surface area contributed by atoms with E-state index in [1.807, 2.05) is 18.2 Å². The van der Waals surface area contributed by atoms with Crippen LogP contribution in [0, 0.1) is 0 Å². The van der Waals surface area contributed by atoms with Crippen molar-refractivity contribution in [1.82, 2.24) is 15.3 Å². The highest BCUT2D eigenvalue weighted by molar-refractivity contribution is 5.93. The first-order chi connectivity index (χ1) is 11.8. The van der Waals surface area contributed by atoms with Gasteiger partial charge in [-0.05, 0) is 18.6 Å². The van der Waals surface area contributed by atoms with Crippen molar-refractivity contribution in [2.45, 2.75) is 26.2 Å². The number of aromatic nitrogens is 2. The standard InChI is InChI=1S/C17H20N4O3/c1-2-3-4-7-18-16(22)12-9-19-17(20-10-12)21-13-5-6-14-15(8-13)24-11-23-14/h5-6,8-10H,2-4,7,11H2,1H3,(H,18,22)(H,19,20,21). The third-order valence-electron chi connectivity index (χ3n) is 3.61. The molecule has 0 atom stereocenters. The van der Waals surface area contributed by atoms with Gasteiger partial charge >= 0.3 is 0 Å². The van der Waals surface area contributed by atoms with E-state index in [4.69, 9.17) is 9.47 Å². The van der Waals surface area contributed by atoms with Crippen molar-refractivity contribution in [1.29, 1.82) is 0 Å². The smallest absolute Gasteiger partial charge is 0.254 e. The van der Waals surface area contributed by atoms with E-state index < -0.39 is 0 Å². The lowest BCUT2D eigenvalue weighted by atomic mass is 10.2. The van der Waals surface area contributed by atoms with Crippen molar-refractivity contribution in [2.24, 2.45) is 0 Å². The lowest BCUT2D eigenvalue weighted by Gasteiger charge is -2.07.